The molecule has 176 valence electrons. The maximum absolute atomic E-state index is 12.2. The quantitative estimate of drug-likeness (QED) is 0.460. The smallest absolute Gasteiger partial charge is 0.306 e. The van der Waals surface area contributed by atoms with Crippen LogP contribution in [0.5, 0.6) is 0 Å². The molecule has 4 rings (SSSR count). The predicted molar refractivity (Wildman–Crippen MR) is 132 cm³/mol. The zero-order valence-electron chi connectivity index (χ0n) is 20.4. The summed E-state index contributed by atoms with van der Waals surface area (Å²) in [6, 6.07) is 0.410. The number of rotatable bonds is 7. The number of thiophene rings is 1. The fourth-order valence-corrected chi connectivity index (χ4v) is 6.63. The highest BCUT2D eigenvalue weighted by Gasteiger charge is 2.31. The van der Waals surface area contributed by atoms with E-state index >= 15 is 0 Å². The van der Waals surface area contributed by atoms with Crippen LogP contribution in [0.3, 0.4) is 0 Å². The van der Waals surface area contributed by atoms with Gasteiger partial charge in [-0.2, -0.15) is 0 Å². The average molecular weight is 458 g/mol. The molecule has 2 heterocycles. The molecule has 6 heteroatoms. The molecular formula is C26H39N3O2S. The summed E-state index contributed by atoms with van der Waals surface area (Å²) in [5, 5.41) is 5.07. The van der Waals surface area contributed by atoms with E-state index in [2.05, 4.69) is 24.1 Å². The molecule has 0 spiro atoms. The van der Waals surface area contributed by atoms with Crippen molar-refractivity contribution >= 4 is 33.3 Å². The van der Waals surface area contributed by atoms with Crippen LogP contribution in [0.1, 0.15) is 102 Å². The van der Waals surface area contributed by atoms with Gasteiger partial charge in [0, 0.05) is 17.3 Å². The maximum Gasteiger partial charge on any atom is 0.306 e. The molecule has 2 atom stereocenters. The Balaban J connectivity index is 1.42. The van der Waals surface area contributed by atoms with Crippen molar-refractivity contribution in [1.82, 2.24) is 9.97 Å². The van der Waals surface area contributed by atoms with Crippen molar-refractivity contribution in [2.24, 2.45) is 11.8 Å². The molecule has 1 unspecified atom stereocenters. The summed E-state index contributed by atoms with van der Waals surface area (Å²) < 4.78 is 5.52. The van der Waals surface area contributed by atoms with E-state index in [1.165, 1.54) is 41.5 Å². The number of hydrogen-bond acceptors (Lipinski definition) is 6. The van der Waals surface area contributed by atoms with E-state index in [-0.39, 0.29) is 5.97 Å². The van der Waals surface area contributed by atoms with Crippen molar-refractivity contribution in [3.63, 3.8) is 0 Å². The standard InChI is InChI=1S/C26H39N3O2S/c1-6-16(2)13-18-9-12-20-22(18)23-24(27-15-28-25(23)32-20)29-19-10-7-17(8-11-19)14-21(30)31-26(3,4)5/h15-19H,6-14H2,1-5H3,(H,27,28,29)/t16?,17?,18-,19?/m1/s1. The number of anilines is 1. The number of carbonyl (C=O) groups excluding carboxylic acids is 1. The van der Waals surface area contributed by atoms with E-state index in [1.807, 2.05) is 32.1 Å². The number of fused-ring (bicyclic) bond motifs is 3. The molecule has 1 N–H and O–H groups in total. The summed E-state index contributed by atoms with van der Waals surface area (Å²) in [5.74, 6) is 2.79. The number of nitrogens with zero attached hydrogens (tertiary/aromatic N) is 2. The Morgan fingerprint density at radius 2 is 1.97 bits per heavy atom. The SMILES string of the molecule is CCC(C)C[C@H]1CCc2sc3ncnc(NC4CCC(CC(=O)OC(C)(C)C)CC4)c3c21. The second kappa shape index (κ2) is 9.66. The van der Waals surface area contributed by atoms with Crippen molar-refractivity contribution in [3.8, 4) is 0 Å². The van der Waals surface area contributed by atoms with E-state index in [1.54, 1.807) is 6.33 Å². The Kier molecular flexibility index (Phi) is 7.09. The van der Waals surface area contributed by atoms with Gasteiger partial charge in [0.15, 0.2) is 0 Å². The van der Waals surface area contributed by atoms with Crippen LogP contribution < -0.4 is 5.32 Å². The van der Waals surface area contributed by atoms with Crippen LogP contribution in [0.25, 0.3) is 10.2 Å². The lowest BCUT2D eigenvalue weighted by molar-refractivity contribution is -0.156. The largest absolute Gasteiger partial charge is 0.460 e. The first-order chi connectivity index (χ1) is 15.2. The van der Waals surface area contributed by atoms with Gasteiger partial charge in [-0.05, 0) is 89.0 Å². The van der Waals surface area contributed by atoms with Crippen LogP contribution in [0.4, 0.5) is 5.82 Å². The number of ether oxygens (including phenoxy) is 1. The van der Waals surface area contributed by atoms with Crippen molar-refractivity contribution in [2.45, 2.75) is 110 Å². The summed E-state index contributed by atoms with van der Waals surface area (Å²) in [4.78, 5) is 24.2. The first-order valence-electron chi connectivity index (χ1n) is 12.5. The third-order valence-electron chi connectivity index (χ3n) is 7.18. The Morgan fingerprint density at radius 3 is 2.66 bits per heavy atom. The number of carbonyl (C=O) groups is 1. The lowest BCUT2D eigenvalue weighted by Crippen LogP contribution is -2.29. The maximum atomic E-state index is 12.2. The van der Waals surface area contributed by atoms with Gasteiger partial charge in [-0.1, -0.05) is 20.3 Å². The van der Waals surface area contributed by atoms with Crippen LogP contribution >= 0.6 is 11.3 Å². The predicted octanol–water partition coefficient (Wildman–Crippen LogP) is 6.86. The first-order valence-corrected chi connectivity index (χ1v) is 13.3. The van der Waals surface area contributed by atoms with Gasteiger partial charge in [-0.3, -0.25) is 4.79 Å². The number of esters is 1. The van der Waals surface area contributed by atoms with E-state index in [0.29, 0.717) is 24.3 Å². The van der Waals surface area contributed by atoms with Crippen molar-refractivity contribution in [2.75, 3.05) is 5.32 Å². The topological polar surface area (TPSA) is 64.1 Å². The van der Waals surface area contributed by atoms with Crippen molar-refractivity contribution in [1.29, 1.82) is 0 Å². The van der Waals surface area contributed by atoms with Crippen molar-refractivity contribution < 1.29 is 9.53 Å². The summed E-state index contributed by atoms with van der Waals surface area (Å²) >= 11 is 1.87. The molecule has 0 bridgehead atoms. The highest BCUT2D eigenvalue weighted by molar-refractivity contribution is 7.19. The van der Waals surface area contributed by atoms with Gasteiger partial charge in [0.05, 0.1) is 5.39 Å². The van der Waals surface area contributed by atoms with Crippen molar-refractivity contribution in [3.05, 3.63) is 16.8 Å². The van der Waals surface area contributed by atoms with Gasteiger partial charge in [-0.15, -0.1) is 11.3 Å². The number of aryl methyl sites for hydroxylation is 1. The number of nitrogens with one attached hydrogen (secondary N) is 1. The minimum atomic E-state index is -0.401. The van der Waals surface area contributed by atoms with Gasteiger partial charge in [0.2, 0.25) is 0 Å². The molecule has 0 saturated heterocycles. The molecule has 0 aliphatic heterocycles. The van der Waals surface area contributed by atoms with Crippen LogP contribution in [0.2, 0.25) is 0 Å². The Hall–Kier alpha value is -1.69. The van der Waals surface area contributed by atoms with Gasteiger partial charge in [0.1, 0.15) is 22.6 Å². The van der Waals surface area contributed by atoms with Gasteiger partial charge in [-0.25, -0.2) is 9.97 Å². The average Bonchev–Trinajstić information content (AvgIpc) is 3.28. The molecule has 2 aliphatic rings. The van der Waals surface area contributed by atoms with Crippen LogP contribution in [0, 0.1) is 11.8 Å². The molecule has 1 fully saturated rings. The first kappa shape index (κ1) is 23.5. The van der Waals surface area contributed by atoms with Gasteiger partial charge in [0.25, 0.3) is 0 Å². The number of aromatic nitrogens is 2. The second-order valence-electron chi connectivity index (χ2n) is 11.0. The Bertz CT molecular complexity index is 940. The molecule has 2 aromatic heterocycles. The summed E-state index contributed by atoms with van der Waals surface area (Å²) in [7, 11) is 0. The fourth-order valence-electron chi connectivity index (χ4n) is 5.39. The summed E-state index contributed by atoms with van der Waals surface area (Å²) in [5.41, 5.74) is 1.13. The molecule has 0 radical (unpaired) electrons. The van der Waals surface area contributed by atoms with Gasteiger partial charge >= 0.3 is 5.97 Å². The molecule has 2 aliphatic carbocycles. The highest BCUT2D eigenvalue weighted by Crippen LogP contribution is 2.48. The molecule has 1 saturated carbocycles. The van der Waals surface area contributed by atoms with E-state index < -0.39 is 5.60 Å². The zero-order valence-corrected chi connectivity index (χ0v) is 21.2. The highest BCUT2D eigenvalue weighted by atomic mass is 32.1. The minimum Gasteiger partial charge on any atom is -0.460 e. The van der Waals surface area contributed by atoms with E-state index in [4.69, 9.17) is 9.72 Å². The summed E-state index contributed by atoms with van der Waals surface area (Å²) in [6.45, 7) is 10.5. The molecular weight excluding hydrogens is 418 g/mol. The van der Waals surface area contributed by atoms with E-state index in [9.17, 15) is 4.79 Å². The monoisotopic (exact) mass is 457 g/mol. The molecule has 5 nitrogen and oxygen atoms in total. The second-order valence-corrected chi connectivity index (χ2v) is 12.1. The van der Waals surface area contributed by atoms with E-state index in [0.717, 1.165) is 42.2 Å². The third-order valence-corrected chi connectivity index (χ3v) is 8.35. The van der Waals surface area contributed by atoms with Crippen LogP contribution in [0.15, 0.2) is 6.33 Å². The summed E-state index contributed by atoms with van der Waals surface area (Å²) in [6.07, 6.45) is 11.5. The normalized spacial score (nSPS) is 24.3. The molecule has 2 aromatic rings. The minimum absolute atomic E-state index is 0.0624. The third kappa shape index (κ3) is 5.44. The molecule has 0 aromatic carbocycles. The Morgan fingerprint density at radius 1 is 1.22 bits per heavy atom. The lowest BCUT2D eigenvalue weighted by Gasteiger charge is -2.30. The van der Waals surface area contributed by atoms with Gasteiger partial charge < -0.3 is 10.1 Å². The number of hydrogen-bond donors (Lipinski definition) is 1. The molecule has 32 heavy (non-hydrogen) atoms. The zero-order chi connectivity index (χ0) is 22.9. The van der Waals surface area contributed by atoms with Crippen LogP contribution in [-0.4, -0.2) is 27.6 Å². The fraction of sp³-hybridized carbons (Fsp3) is 0.731. The lowest BCUT2D eigenvalue weighted by atomic mass is 9.84. The van der Waals surface area contributed by atoms with Crippen LogP contribution in [-0.2, 0) is 16.0 Å². The Labute approximate surface area is 196 Å². The molecule has 0 amide bonds.